The fourth-order valence-electron chi connectivity index (χ4n) is 2.04. The van der Waals surface area contributed by atoms with Gasteiger partial charge in [-0.3, -0.25) is 4.79 Å². The zero-order valence-corrected chi connectivity index (χ0v) is 11.6. The monoisotopic (exact) mass is 292 g/mol. The van der Waals surface area contributed by atoms with Gasteiger partial charge in [-0.15, -0.1) is 0 Å². The lowest BCUT2D eigenvalue weighted by molar-refractivity contribution is 0.561. The van der Waals surface area contributed by atoms with Gasteiger partial charge in [0.15, 0.2) is 5.43 Å². The van der Waals surface area contributed by atoms with Crippen LogP contribution in [-0.2, 0) is 0 Å². The van der Waals surface area contributed by atoms with Crippen LogP contribution in [-0.4, -0.2) is 0 Å². The average molecular weight is 292 g/mol. The molecule has 0 N–H and O–H groups in total. The fraction of sp³-hybridized carbons (Fsp3) is 0. The predicted octanol–water partition coefficient (Wildman–Crippen LogP) is 3.59. The minimum Gasteiger partial charge on any atom is -0.464 e. The highest BCUT2D eigenvalue weighted by Gasteiger charge is 1.95. The van der Waals surface area contributed by atoms with Crippen LogP contribution in [0.2, 0.25) is 0 Å². The second-order valence-electron chi connectivity index (χ2n) is 4.57. The van der Waals surface area contributed by atoms with Crippen molar-refractivity contribution in [1.82, 2.24) is 0 Å². The van der Waals surface area contributed by atoms with E-state index in [1.54, 1.807) is 24.3 Å². The van der Waals surface area contributed by atoms with Gasteiger partial charge in [0, 0.05) is 17.5 Å². The van der Waals surface area contributed by atoms with Crippen LogP contribution in [0.1, 0.15) is 0 Å². The molecule has 0 bridgehead atoms. The third-order valence-corrected chi connectivity index (χ3v) is 3.10. The van der Waals surface area contributed by atoms with Crippen LogP contribution in [0.5, 0.6) is 0 Å². The molecule has 22 heavy (non-hydrogen) atoms. The Morgan fingerprint density at radius 3 is 2.23 bits per heavy atom. The second-order valence-corrected chi connectivity index (χ2v) is 4.57. The van der Waals surface area contributed by atoms with Crippen molar-refractivity contribution in [3.63, 3.8) is 0 Å². The summed E-state index contributed by atoms with van der Waals surface area (Å²) in [5.74, 6) is 0. The van der Waals surface area contributed by atoms with Gasteiger partial charge in [0.2, 0.25) is 0 Å². The summed E-state index contributed by atoms with van der Waals surface area (Å²) in [5.41, 5.74) is 0.982. The molecule has 0 aliphatic carbocycles. The smallest absolute Gasteiger partial charge is 0.336 e. The first-order valence-electron chi connectivity index (χ1n) is 6.69. The molecule has 0 unspecified atom stereocenters. The number of fused-ring (bicyclic) bond motifs is 2. The number of hydrogen-bond donors (Lipinski definition) is 0. The minimum atomic E-state index is -0.302. The molecular weight excluding hydrogens is 280 g/mol. The third-order valence-electron chi connectivity index (χ3n) is 3.10. The van der Waals surface area contributed by atoms with Crippen molar-refractivity contribution in [2.75, 3.05) is 0 Å². The van der Waals surface area contributed by atoms with Crippen LogP contribution in [0.15, 0.2) is 91.4 Å². The summed E-state index contributed by atoms with van der Waals surface area (Å²) in [6.45, 7) is 0. The van der Waals surface area contributed by atoms with Crippen LogP contribution in [0.4, 0.5) is 0 Å². The molecule has 108 valence electrons. The summed E-state index contributed by atoms with van der Waals surface area (Å²) >= 11 is 0. The van der Waals surface area contributed by atoms with Crippen molar-refractivity contribution < 1.29 is 8.83 Å². The zero-order valence-electron chi connectivity index (χ0n) is 11.6. The molecule has 0 saturated carbocycles. The Morgan fingerprint density at radius 2 is 1.41 bits per heavy atom. The van der Waals surface area contributed by atoms with Crippen molar-refractivity contribution in [2.45, 2.75) is 0 Å². The van der Waals surface area contributed by atoms with E-state index in [0.29, 0.717) is 16.6 Å². The molecule has 0 fully saturated rings. The molecule has 0 saturated heterocycles. The van der Waals surface area contributed by atoms with E-state index in [1.807, 2.05) is 30.3 Å². The van der Waals surface area contributed by atoms with Gasteiger partial charge in [-0.05, 0) is 24.3 Å². The quantitative estimate of drug-likeness (QED) is 0.465. The maximum Gasteiger partial charge on any atom is 0.336 e. The van der Waals surface area contributed by atoms with Gasteiger partial charge in [-0.2, -0.15) is 0 Å². The highest BCUT2D eigenvalue weighted by atomic mass is 16.4. The lowest BCUT2D eigenvalue weighted by Gasteiger charge is -1.91. The van der Waals surface area contributed by atoms with Gasteiger partial charge in [-0.1, -0.05) is 30.3 Å². The fourth-order valence-corrected chi connectivity index (χ4v) is 2.04. The summed E-state index contributed by atoms with van der Waals surface area (Å²) < 4.78 is 10.00. The van der Waals surface area contributed by atoms with Crippen LogP contribution in [0.3, 0.4) is 0 Å². The molecule has 0 atom stereocenters. The number of hydrogen-bond acceptors (Lipinski definition) is 4. The average Bonchev–Trinajstić information content (AvgIpc) is 2.56. The Kier molecular flexibility index (Phi) is 3.83. The minimum absolute atomic E-state index is 0.00634. The standard InChI is InChI=1S/2C9H6O2/c10-8-5-6-11-9-4-2-1-3-7(8)9;10-9-6-5-7-3-1-2-4-8(7)11-9/h2*1-6H. The third kappa shape index (κ3) is 2.96. The van der Waals surface area contributed by atoms with Crippen molar-refractivity contribution >= 4 is 21.9 Å². The first kappa shape index (κ1) is 13.8. The SMILES string of the molecule is O=c1ccc2ccccc2o1.O=c1ccoc2ccccc12. The maximum absolute atomic E-state index is 11.1. The number of benzene rings is 2. The number of rotatable bonds is 0. The van der Waals surface area contributed by atoms with E-state index < -0.39 is 0 Å². The van der Waals surface area contributed by atoms with Crippen molar-refractivity contribution in [3.8, 4) is 0 Å². The van der Waals surface area contributed by atoms with E-state index in [9.17, 15) is 9.59 Å². The summed E-state index contributed by atoms with van der Waals surface area (Å²) in [4.78, 5) is 21.8. The first-order valence-corrected chi connectivity index (χ1v) is 6.69. The van der Waals surface area contributed by atoms with Gasteiger partial charge >= 0.3 is 5.63 Å². The zero-order chi connectivity index (χ0) is 15.4. The Balaban J connectivity index is 0.000000131. The van der Waals surface area contributed by atoms with Crippen LogP contribution in [0.25, 0.3) is 21.9 Å². The lowest BCUT2D eigenvalue weighted by atomic mass is 10.2. The Morgan fingerprint density at radius 1 is 0.682 bits per heavy atom. The van der Waals surface area contributed by atoms with Gasteiger partial charge in [-0.25, -0.2) is 4.79 Å². The molecule has 2 aromatic heterocycles. The second kappa shape index (κ2) is 6.10. The van der Waals surface area contributed by atoms with Gasteiger partial charge in [0.25, 0.3) is 0 Å². The molecule has 4 heteroatoms. The van der Waals surface area contributed by atoms with E-state index >= 15 is 0 Å². The highest BCUT2D eigenvalue weighted by Crippen LogP contribution is 2.09. The van der Waals surface area contributed by atoms with Crippen molar-refractivity contribution in [2.24, 2.45) is 0 Å². The molecule has 0 radical (unpaired) electrons. The Labute approximate surface area is 125 Å². The normalized spacial score (nSPS) is 10.2. The van der Waals surface area contributed by atoms with Gasteiger partial charge in [0.05, 0.1) is 11.6 Å². The van der Waals surface area contributed by atoms with Crippen LogP contribution < -0.4 is 11.1 Å². The van der Waals surface area contributed by atoms with Gasteiger partial charge < -0.3 is 8.83 Å². The molecule has 4 nitrogen and oxygen atoms in total. The Bertz CT molecular complexity index is 1020. The van der Waals surface area contributed by atoms with Crippen molar-refractivity contribution in [3.05, 3.63) is 93.6 Å². The summed E-state index contributed by atoms with van der Waals surface area (Å²) in [5, 5.41) is 1.59. The molecule has 2 aromatic carbocycles. The van der Waals surface area contributed by atoms with E-state index in [-0.39, 0.29) is 11.1 Å². The molecule has 0 amide bonds. The largest absolute Gasteiger partial charge is 0.464 e. The van der Waals surface area contributed by atoms with E-state index in [2.05, 4.69) is 0 Å². The van der Waals surface area contributed by atoms with E-state index in [1.165, 1.54) is 18.4 Å². The van der Waals surface area contributed by atoms with Crippen molar-refractivity contribution in [1.29, 1.82) is 0 Å². The molecule has 0 spiro atoms. The molecule has 4 rings (SSSR count). The summed E-state index contributed by atoms with van der Waals surface area (Å²) in [6, 6.07) is 19.2. The molecule has 0 aliphatic rings. The van der Waals surface area contributed by atoms with E-state index in [4.69, 9.17) is 8.83 Å². The van der Waals surface area contributed by atoms with Crippen LogP contribution >= 0.6 is 0 Å². The highest BCUT2D eigenvalue weighted by molar-refractivity contribution is 5.76. The van der Waals surface area contributed by atoms with E-state index in [0.717, 1.165) is 5.39 Å². The molecule has 4 aromatic rings. The van der Waals surface area contributed by atoms with Crippen LogP contribution in [0, 0.1) is 0 Å². The van der Waals surface area contributed by atoms with Gasteiger partial charge in [0.1, 0.15) is 11.2 Å². The summed E-state index contributed by atoms with van der Waals surface area (Å²) in [6.07, 6.45) is 1.41. The Hall–Kier alpha value is -3.14. The lowest BCUT2D eigenvalue weighted by Crippen LogP contribution is -1.96. The maximum atomic E-state index is 11.1. The first-order chi connectivity index (χ1) is 10.7. The number of para-hydroxylation sites is 2. The molecular formula is C18H12O4. The molecule has 2 heterocycles. The topological polar surface area (TPSA) is 60.4 Å². The molecule has 0 aliphatic heterocycles. The summed E-state index contributed by atoms with van der Waals surface area (Å²) in [7, 11) is 0. The predicted molar refractivity (Wildman–Crippen MR) is 85.0 cm³/mol.